The molecule has 1 aliphatic rings. The molecular weight excluding hydrogens is 381 g/mol. The number of rotatable bonds is 3. The Bertz CT molecular complexity index is 798. The predicted octanol–water partition coefficient (Wildman–Crippen LogP) is 4.31. The van der Waals surface area contributed by atoms with E-state index in [-0.39, 0.29) is 11.8 Å². The number of hydrogen-bond acceptors (Lipinski definition) is 4. The average Bonchev–Trinajstić information content (AvgIpc) is 3.13. The van der Waals surface area contributed by atoms with Gasteiger partial charge in [-0.25, -0.2) is 4.98 Å². The number of nitrogens with one attached hydrogen (secondary N) is 1. The Hall–Kier alpha value is -1.63. The van der Waals surface area contributed by atoms with Gasteiger partial charge in [-0.3, -0.25) is 9.59 Å². The molecule has 0 bridgehead atoms. The quantitative estimate of drug-likeness (QED) is 0.838. The molecule has 0 aliphatic carbocycles. The molecule has 0 saturated carbocycles. The van der Waals surface area contributed by atoms with E-state index in [0.717, 1.165) is 17.0 Å². The maximum Gasteiger partial charge on any atom is 0.254 e. The molecule has 25 heavy (non-hydrogen) atoms. The van der Waals surface area contributed by atoms with Crippen LogP contribution in [0, 0.1) is 13.8 Å². The molecule has 2 heterocycles. The monoisotopic (exact) mass is 397 g/mol. The van der Waals surface area contributed by atoms with E-state index in [4.69, 9.17) is 23.2 Å². The maximum absolute atomic E-state index is 12.8. The molecule has 1 fully saturated rings. The Kier molecular flexibility index (Phi) is 5.32. The Morgan fingerprint density at radius 1 is 1.24 bits per heavy atom. The lowest BCUT2D eigenvalue weighted by atomic mass is 10.1. The van der Waals surface area contributed by atoms with Gasteiger partial charge < -0.3 is 10.2 Å². The Labute approximate surface area is 160 Å². The van der Waals surface area contributed by atoms with Crippen LogP contribution in [0.2, 0.25) is 10.0 Å². The van der Waals surface area contributed by atoms with E-state index in [2.05, 4.69) is 10.3 Å². The van der Waals surface area contributed by atoms with Crippen molar-refractivity contribution in [2.45, 2.75) is 32.7 Å². The first-order valence-corrected chi connectivity index (χ1v) is 9.44. The molecule has 132 valence electrons. The minimum absolute atomic E-state index is 0.215. The van der Waals surface area contributed by atoms with E-state index in [1.807, 2.05) is 13.8 Å². The van der Waals surface area contributed by atoms with Gasteiger partial charge in [0.25, 0.3) is 5.91 Å². The second-order valence-electron chi connectivity index (χ2n) is 5.96. The summed E-state index contributed by atoms with van der Waals surface area (Å²) in [5, 5.41) is 4.17. The standard InChI is InChI=1S/C17H17Cl2N3O2S/c1-9-10(2)25-17(20-9)21-15(23)14-4-3-5-22(14)16(24)11-6-12(18)8-13(19)7-11/h6-8,14H,3-5H2,1-2H3,(H,20,21,23)/t14-/m0/s1. The summed E-state index contributed by atoms with van der Waals surface area (Å²) >= 11 is 13.4. The predicted molar refractivity (Wildman–Crippen MR) is 101 cm³/mol. The summed E-state index contributed by atoms with van der Waals surface area (Å²) in [6.45, 7) is 4.38. The van der Waals surface area contributed by atoms with Crippen LogP contribution in [-0.4, -0.2) is 34.3 Å². The van der Waals surface area contributed by atoms with Gasteiger partial charge in [0, 0.05) is 27.0 Å². The van der Waals surface area contributed by atoms with Crippen LogP contribution in [0.25, 0.3) is 0 Å². The zero-order valence-electron chi connectivity index (χ0n) is 13.8. The summed E-state index contributed by atoms with van der Waals surface area (Å²) in [5.74, 6) is -0.457. The van der Waals surface area contributed by atoms with E-state index < -0.39 is 6.04 Å². The molecule has 2 aromatic rings. The van der Waals surface area contributed by atoms with Gasteiger partial charge in [0.2, 0.25) is 5.91 Å². The highest BCUT2D eigenvalue weighted by Crippen LogP contribution is 2.26. The van der Waals surface area contributed by atoms with E-state index in [9.17, 15) is 9.59 Å². The zero-order valence-corrected chi connectivity index (χ0v) is 16.1. The van der Waals surface area contributed by atoms with Gasteiger partial charge in [-0.05, 0) is 44.9 Å². The first-order valence-electron chi connectivity index (χ1n) is 7.87. The summed E-state index contributed by atoms with van der Waals surface area (Å²) in [5.41, 5.74) is 1.28. The van der Waals surface area contributed by atoms with Gasteiger partial charge in [-0.15, -0.1) is 11.3 Å². The molecule has 1 aromatic carbocycles. The Balaban J connectivity index is 1.77. The van der Waals surface area contributed by atoms with Gasteiger partial charge in [0.05, 0.1) is 5.69 Å². The third-order valence-electron chi connectivity index (χ3n) is 4.18. The van der Waals surface area contributed by atoms with Crippen molar-refractivity contribution in [3.8, 4) is 0 Å². The lowest BCUT2D eigenvalue weighted by molar-refractivity contribution is -0.119. The first-order chi connectivity index (χ1) is 11.8. The molecular formula is C17H17Cl2N3O2S. The zero-order chi connectivity index (χ0) is 18.1. The van der Waals surface area contributed by atoms with Crippen molar-refractivity contribution in [3.05, 3.63) is 44.4 Å². The van der Waals surface area contributed by atoms with Crippen LogP contribution in [0.5, 0.6) is 0 Å². The van der Waals surface area contributed by atoms with E-state index in [0.29, 0.717) is 33.7 Å². The number of anilines is 1. The highest BCUT2D eigenvalue weighted by atomic mass is 35.5. The number of carbonyl (C=O) groups is 2. The summed E-state index contributed by atoms with van der Waals surface area (Å²) in [7, 11) is 0. The summed E-state index contributed by atoms with van der Waals surface area (Å²) in [6, 6.07) is 4.18. The van der Waals surface area contributed by atoms with Crippen LogP contribution in [0.3, 0.4) is 0 Å². The minimum atomic E-state index is -0.519. The van der Waals surface area contributed by atoms with Crippen LogP contribution in [0.4, 0.5) is 5.13 Å². The second kappa shape index (κ2) is 7.32. The van der Waals surface area contributed by atoms with Crippen molar-refractivity contribution in [1.29, 1.82) is 0 Å². The Morgan fingerprint density at radius 2 is 1.92 bits per heavy atom. The summed E-state index contributed by atoms with van der Waals surface area (Å²) < 4.78 is 0. The molecule has 1 saturated heterocycles. The van der Waals surface area contributed by atoms with Gasteiger partial charge in [-0.2, -0.15) is 0 Å². The normalized spacial score (nSPS) is 17.0. The average molecular weight is 398 g/mol. The maximum atomic E-state index is 12.8. The Morgan fingerprint density at radius 3 is 2.52 bits per heavy atom. The third kappa shape index (κ3) is 3.97. The number of aryl methyl sites for hydroxylation is 2. The topological polar surface area (TPSA) is 62.3 Å². The van der Waals surface area contributed by atoms with Crippen LogP contribution < -0.4 is 5.32 Å². The van der Waals surface area contributed by atoms with Gasteiger partial charge in [0.15, 0.2) is 5.13 Å². The van der Waals surface area contributed by atoms with Crippen molar-refractivity contribution in [2.24, 2.45) is 0 Å². The molecule has 5 nitrogen and oxygen atoms in total. The molecule has 1 N–H and O–H groups in total. The highest BCUT2D eigenvalue weighted by Gasteiger charge is 2.35. The molecule has 0 spiro atoms. The smallest absolute Gasteiger partial charge is 0.254 e. The fraction of sp³-hybridized carbons (Fsp3) is 0.353. The lowest BCUT2D eigenvalue weighted by Crippen LogP contribution is -2.43. The van der Waals surface area contributed by atoms with Crippen molar-refractivity contribution in [2.75, 3.05) is 11.9 Å². The molecule has 0 unspecified atom stereocenters. The van der Waals surface area contributed by atoms with E-state index in [1.165, 1.54) is 11.3 Å². The number of carbonyl (C=O) groups excluding carboxylic acids is 2. The summed E-state index contributed by atoms with van der Waals surface area (Å²) in [4.78, 5) is 32.4. The first kappa shape index (κ1) is 18.2. The van der Waals surface area contributed by atoms with Gasteiger partial charge in [0.1, 0.15) is 6.04 Å². The van der Waals surface area contributed by atoms with Crippen LogP contribution >= 0.6 is 34.5 Å². The van der Waals surface area contributed by atoms with Crippen molar-refractivity contribution < 1.29 is 9.59 Å². The lowest BCUT2D eigenvalue weighted by Gasteiger charge is -2.23. The highest BCUT2D eigenvalue weighted by molar-refractivity contribution is 7.15. The van der Waals surface area contributed by atoms with Gasteiger partial charge in [-0.1, -0.05) is 23.2 Å². The van der Waals surface area contributed by atoms with Crippen LogP contribution in [-0.2, 0) is 4.79 Å². The van der Waals surface area contributed by atoms with Gasteiger partial charge >= 0.3 is 0 Å². The largest absolute Gasteiger partial charge is 0.327 e. The minimum Gasteiger partial charge on any atom is -0.327 e. The number of benzene rings is 1. The number of hydrogen-bond donors (Lipinski definition) is 1. The fourth-order valence-corrected chi connectivity index (χ4v) is 4.18. The number of halogens is 2. The van der Waals surface area contributed by atoms with E-state index >= 15 is 0 Å². The second-order valence-corrected chi connectivity index (χ2v) is 8.04. The number of thiazole rings is 1. The number of nitrogens with zero attached hydrogens (tertiary/aromatic N) is 2. The summed E-state index contributed by atoms with van der Waals surface area (Å²) in [6.07, 6.45) is 1.39. The number of amides is 2. The van der Waals surface area contributed by atoms with Crippen LogP contribution in [0.1, 0.15) is 33.8 Å². The number of likely N-dealkylation sites (tertiary alicyclic amines) is 1. The van der Waals surface area contributed by atoms with E-state index in [1.54, 1.807) is 23.1 Å². The van der Waals surface area contributed by atoms with Crippen molar-refractivity contribution >= 4 is 51.5 Å². The third-order valence-corrected chi connectivity index (χ3v) is 5.61. The molecule has 0 radical (unpaired) electrons. The molecule has 8 heteroatoms. The SMILES string of the molecule is Cc1nc(NC(=O)[C@@H]2CCCN2C(=O)c2cc(Cl)cc(Cl)c2)sc1C. The number of aromatic nitrogens is 1. The fourth-order valence-electron chi connectivity index (χ4n) is 2.84. The molecule has 1 aromatic heterocycles. The molecule has 2 amide bonds. The molecule has 3 rings (SSSR count). The molecule has 1 atom stereocenters. The molecule has 1 aliphatic heterocycles. The van der Waals surface area contributed by atoms with Crippen molar-refractivity contribution in [1.82, 2.24) is 9.88 Å². The van der Waals surface area contributed by atoms with Crippen molar-refractivity contribution in [3.63, 3.8) is 0 Å². The van der Waals surface area contributed by atoms with Crippen LogP contribution in [0.15, 0.2) is 18.2 Å².